The first-order valence-corrected chi connectivity index (χ1v) is 22.1. The molecule has 0 fully saturated rings. The van der Waals surface area contributed by atoms with Crippen molar-refractivity contribution < 1.29 is 34.1 Å². The van der Waals surface area contributed by atoms with Crippen LogP contribution in [-0.4, -0.2) is 59.3 Å². The molecule has 2 unspecified atom stereocenters. The van der Waals surface area contributed by atoms with Gasteiger partial charge in [-0.25, -0.2) is 4.79 Å². The number of carboxylic acid groups (broad SMARTS) is 1. The van der Waals surface area contributed by atoms with E-state index in [0.717, 1.165) is 51.4 Å². The Labute approximate surface area is 324 Å². The van der Waals surface area contributed by atoms with Crippen LogP contribution in [0, 0.1) is 0 Å². The summed E-state index contributed by atoms with van der Waals surface area (Å²) in [4.78, 5) is 47.4. The number of hydrogen-bond acceptors (Lipinski definition) is 6. The van der Waals surface area contributed by atoms with Crippen LogP contribution in [0.25, 0.3) is 0 Å². The van der Waals surface area contributed by atoms with Gasteiger partial charge in [-0.3, -0.25) is 14.4 Å². The molecular formula is C44H82N2O7. The van der Waals surface area contributed by atoms with Crippen LogP contribution >= 0.6 is 0 Å². The quantitative estimate of drug-likeness (QED) is 0.0277. The lowest BCUT2D eigenvalue weighted by molar-refractivity contribution is -0.147. The smallest absolute Gasteiger partial charge is 0.328 e. The lowest BCUT2D eigenvalue weighted by Crippen LogP contribution is -2.47. The van der Waals surface area contributed by atoms with Crippen molar-refractivity contribution in [2.75, 3.05) is 13.2 Å². The minimum atomic E-state index is -1.39. The van der Waals surface area contributed by atoms with Crippen LogP contribution in [0.4, 0.5) is 0 Å². The van der Waals surface area contributed by atoms with E-state index in [-0.39, 0.29) is 30.9 Å². The average Bonchev–Trinajstić information content (AvgIpc) is 3.14. The molecule has 0 heterocycles. The molecule has 0 saturated carbocycles. The number of hydrogen-bond donors (Lipinski definition) is 4. The van der Waals surface area contributed by atoms with Crippen molar-refractivity contribution >= 4 is 23.8 Å². The molecule has 0 aliphatic heterocycles. The second-order valence-corrected chi connectivity index (χ2v) is 15.1. The first kappa shape index (κ1) is 50.6. The van der Waals surface area contributed by atoms with Crippen LogP contribution in [0.2, 0.25) is 0 Å². The molecule has 4 N–H and O–H groups in total. The van der Waals surface area contributed by atoms with E-state index < -0.39 is 24.5 Å². The number of nitrogens with one attached hydrogen (secondary N) is 2. The summed E-state index contributed by atoms with van der Waals surface area (Å²) in [6, 6.07) is -1.39. The molecule has 0 aliphatic carbocycles. The zero-order valence-electron chi connectivity index (χ0n) is 34.3. The zero-order valence-corrected chi connectivity index (χ0v) is 34.3. The Balaban J connectivity index is 4.03. The molecule has 9 heteroatoms. The van der Waals surface area contributed by atoms with Crippen LogP contribution in [0.15, 0.2) is 12.2 Å². The summed E-state index contributed by atoms with van der Waals surface area (Å²) in [6.45, 7) is 3.43. The molecule has 0 radical (unpaired) electrons. The summed E-state index contributed by atoms with van der Waals surface area (Å²) in [5, 5.41) is 22.5. The fraction of sp³-hybridized carbons (Fsp3) is 0.864. The van der Waals surface area contributed by atoms with E-state index in [4.69, 9.17) is 14.9 Å². The van der Waals surface area contributed by atoms with E-state index in [9.17, 15) is 19.2 Å². The monoisotopic (exact) mass is 751 g/mol. The minimum absolute atomic E-state index is 0.109. The summed E-state index contributed by atoms with van der Waals surface area (Å²) < 4.78 is 5.89. The van der Waals surface area contributed by atoms with Crippen LogP contribution < -0.4 is 10.6 Å². The molecule has 9 nitrogen and oxygen atoms in total. The standard InChI is InChI=1S/C44H82N2O7/c1-3-5-7-9-11-12-13-14-15-16-17-18-19-20-21-22-23-24-26-32-36-43(50)53-39(33-29-25-10-8-6-4-2)34-30-27-28-31-35-41(48)45-37-42(49)46-40(38-47)44(51)52/h29,33,39-40,47H,3-28,30-32,34-38H2,1-2H3,(H,45,48)(H,46,49)(H,51,52)/b33-29-. The van der Waals surface area contributed by atoms with E-state index >= 15 is 0 Å². The maximum atomic E-state index is 12.7. The Morgan fingerprint density at radius 3 is 1.47 bits per heavy atom. The normalized spacial score (nSPS) is 12.5. The molecular weight excluding hydrogens is 668 g/mol. The summed E-state index contributed by atoms with van der Waals surface area (Å²) in [5.41, 5.74) is 0. The number of rotatable bonds is 40. The highest BCUT2D eigenvalue weighted by atomic mass is 16.5. The van der Waals surface area contributed by atoms with E-state index in [1.54, 1.807) is 0 Å². The van der Waals surface area contributed by atoms with Gasteiger partial charge in [-0.05, 0) is 44.6 Å². The first-order chi connectivity index (χ1) is 25.8. The second kappa shape index (κ2) is 39.3. The van der Waals surface area contributed by atoms with Gasteiger partial charge in [0.1, 0.15) is 12.1 Å². The first-order valence-electron chi connectivity index (χ1n) is 22.1. The fourth-order valence-corrected chi connectivity index (χ4v) is 6.57. The predicted molar refractivity (Wildman–Crippen MR) is 218 cm³/mol. The van der Waals surface area contributed by atoms with Gasteiger partial charge in [-0.15, -0.1) is 0 Å². The molecule has 2 atom stereocenters. The van der Waals surface area contributed by atoms with Crippen LogP contribution in [0.5, 0.6) is 0 Å². The second-order valence-electron chi connectivity index (χ2n) is 15.1. The van der Waals surface area contributed by atoms with Crippen LogP contribution in [0.1, 0.15) is 219 Å². The Kier molecular flexibility index (Phi) is 37.5. The number of carboxylic acids is 1. The maximum absolute atomic E-state index is 12.7. The molecule has 0 bridgehead atoms. The number of ether oxygens (including phenoxy) is 1. The topological polar surface area (TPSA) is 142 Å². The van der Waals surface area contributed by atoms with Crippen molar-refractivity contribution in [3.8, 4) is 0 Å². The van der Waals surface area contributed by atoms with Gasteiger partial charge in [0.05, 0.1) is 13.2 Å². The summed E-state index contributed by atoms with van der Waals surface area (Å²) in [6.07, 6.45) is 41.4. The molecule has 0 rings (SSSR count). The fourth-order valence-electron chi connectivity index (χ4n) is 6.57. The number of carbonyl (C=O) groups is 4. The number of aliphatic hydroxyl groups excluding tert-OH is 1. The Morgan fingerprint density at radius 2 is 1.00 bits per heavy atom. The van der Waals surface area contributed by atoms with Crippen LogP contribution in [0.3, 0.4) is 0 Å². The lowest BCUT2D eigenvalue weighted by Gasteiger charge is -2.15. The molecule has 0 aromatic heterocycles. The Bertz CT molecular complexity index is 910. The molecule has 0 aliphatic rings. The average molecular weight is 751 g/mol. The van der Waals surface area contributed by atoms with Gasteiger partial charge in [-0.1, -0.05) is 174 Å². The van der Waals surface area contributed by atoms with Crippen LogP contribution in [-0.2, 0) is 23.9 Å². The van der Waals surface area contributed by atoms with Gasteiger partial charge >= 0.3 is 11.9 Å². The molecule has 310 valence electrons. The zero-order chi connectivity index (χ0) is 39.0. The van der Waals surface area contributed by atoms with Gasteiger partial charge in [0, 0.05) is 12.8 Å². The van der Waals surface area contributed by atoms with Crippen molar-refractivity contribution in [3.63, 3.8) is 0 Å². The molecule has 0 spiro atoms. The molecule has 0 saturated heterocycles. The van der Waals surface area contributed by atoms with Crippen molar-refractivity contribution in [1.82, 2.24) is 10.6 Å². The largest absolute Gasteiger partial charge is 0.480 e. The lowest BCUT2D eigenvalue weighted by atomic mass is 10.0. The molecule has 2 amide bonds. The van der Waals surface area contributed by atoms with Crippen molar-refractivity contribution in [2.45, 2.75) is 231 Å². The SMILES string of the molecule is CCCCCC/C=C\C(CCCCCCC(=O)NCC(=O)NC(CO)C(=O)O)OC(=O)CCCCCCCCCCCCCCCCCCCCCC. The Hall–Kier alpha value is -2.42. The number of allylic oxidation sites excluding steroid dienone is 1. The summed E-state index contributed by atoms with van der Waals surface area (Å²) in [5.74, 6) is -2.39. The summed E-state index contributed by atoms with van der Waals surface area (Å²) in [7, 11) is 0. The van der Waals surface area contributed by atoms with E-state index in [2.05, 4.69) is 36.6 Å². The highest BCUT2D eigenvalue weighted by Crippen LogP contribution is 2.17. The third-order valence-corrected chi connectivity index (χ3v) is 10.00. The van der Waals surface area contributed by atoms with Crippen molar-refractivity contribution in [3.05, 3.63) is 12.2 Å². The highest BCUT2D eigenvalue weighted by Gasteiger charge is 2.18. The van der Waals surface area contributed by atoms with Crippen molar-refractivity contribution in [2.24, 2.45) is 0 Å². The van der Waals surface area contributed by atoms with E-state index in [1.165, 1.54) is 135 Å². The maximum Gasteiger partial charge on any atom is 0.328 e. The number of unbranched alkanes of at least 4 members (excludes halogenated alkanes) is 26. The third kappa shape index (κ3) is 36.3. The Morgan fingerprint density at radius 1 is 0.566 bits per heavy atom. The van der Waals surface area contributed by atoms with E-state index in [0.29, 0.717) is 12.8 Å². The molecule has 0 aromatic carbocycles. The van der Waals surface area contributed by atoms with Gasteiger partial charge < -0.3 is 25.6 Å². The predicted octanol–water partition coefficient (Wildman–Crippen LogP) is 10.7. The molecule has 53 heavy (non-hydrogen) atoms. The summed E-state index contributed by atoms with van der Waals surface area (Å²) >= 11 is 0. The number of amides is 2. The highest BCUT2D eigenvalue weighted by molar-refractivity contribution is 5.87. The number of esters is 1. The number of aliphatic carboxylic acids is 1. The molecule has 0 aromatic rings. The third-order valence-electron chi connectivity index (χ3n) is 10.00. The van der Waals surface area contributed by atoms with E-state index in [1.807, 2.05) is 0 Å². The van der Waals surface area contributed by atoms with Gasteiger partial charge in [0.15, 0.2) is 0 Å². The van der Waals surface area contributed by atoms with Gasteiger partial charge in [0.25, 0.3) is 0 Å². The van der Waals surface area contributed by atoms with Crippen molar-refractivity contribution in [1.29, 1.82) is 0 Å². The van der Waals surface area contributed by atoms with Gasteiger partial charge in [-0.2, -0.15) is 0 Å². The number of carbonyl (C=O) groups excluding carboxylic acids is 3. The van der Waals surface area contributed by atoms with Gasteiger partial charge in [0.2, 0.25) is 11.8 Å². The minimum Gasteiger partial charge on any atom is -0.480 e. The number of aliphatic hydroxyl groups is 1.